The molecular formula is C14H18O4. The second-order valence-electron chi connectivity index (χ2n) is 3.39. The van der Waals surface area contributed by atoms with Gasteiger partial charge in [-0.3, -0.25) is 0 Å². The summed E-state index contributed by atoms with van der Waals surface area (Å²) < 4.78 is 15.4. The number of para-hydroxylation sites is 1. The van der Waals surface area contributed by atoms with E-state index in [2.05, 4.69) is 0 Å². The predicted octanol–water partition coefficient (Wildman–Crippen LogP) is 2.20. The molecule has 0 fully saturated rings. The lowest BCUT2D eigenvalue weighted by Gasteiger charge is -2.05. The average molecular weight is 250 g/mol. The van der Waals surface area contributed by atoms with Crippen molar-refractivity contribution in [2.45, 2.75) is 6.92 Å². The number of carbonyl (C=O) groups is 1. The van der Waals surface area contributed by atoms with Crippen molar-refractivity contribution in [2.75, 3.05) is 26.4 Å². The summed E-state index contributed by atoms with van der Waals surface area (Å²) >= 11 is 0. The molecule has 0 aliphatic rings. The molecule has 0 heterocycles. The highest BCUT2D eigenvalue weighted by Crippen LogP contribution is 2.07. The van der Waals surface area contributed by atoms with Gasteiger partial charge in [-0.05, 0) is 19.1 Å². The number of hydrogen-bond donors (Lipinski definition) is 0. The van der Waals surface area contributed by atoms with Gasteiger partial charge in [0.2, 0.25) is 0 Å². The fourth-order valence-electron chi connectivity index (χ4n) is 1.22. The van der Waals surface area contributed by atoms with Gasteiger partial charge in [0.1, 0.15) is 12.4 Å². The van der Waals surface area contributed by atoms with E-state index in [-0.39, 0.29) is 5.97 Å². The second-order valence-corrected chi connectivity index (χ2v) is 3.39. The van der Waals surface area contributed by atoms with E-state index in [1.807, 2.05) is 30.3 Å². The maximum absolute atomic E-state index is 10.9. The van der Waals surface area contributed by atoms with Gasteiger partial charge in [0.15, 0.2) is 0 Å². The monoisotopic (exact) mass is 250 g/mol. The molecule has 0 atom stereocenters. The zero-order valence-corrected chi connectivity index (χ0v) is 10.5. The molecule has 1 rings (SSSR count). The van der Waals surface area contributed by atoms with Crippen LogP contribution in [-0.2, 0) is 14.3 Å². The van der Waals surface area contributed by atoms with Crippen molar-refractivity contribution in [3.8, 4) is 5.75 Å². The fraction of sp³-hybridized carbons (Fsp3) is 0.357. The summed E-state index contributed by atoms with van der Waals surface area (Å²) in [6.07, 6.45) is 2.99. The molecule has 0 bridgehead atoms. The number of ether oxygens (including phenoxy) is 3. The van der Waals surface area contributed by atoms with Crippen molar-refractivity contribution in [1.82, 2.24) is 0 Å². The highest BCUT2D eigenvalue weighted by molar-refractivity contribution is 5.81. The molecule has 1 aromatic carbocycles. The van der Waals surface area contributed by atoms with E-state index in [0.717, 1.165) is 5.75 Å². The van der Waals surface area contributed by atoms with Crippen molar-refractivity contribution < 1.29 is 19.0 Å². The summed E-state index contributed by atoms with van der Waals surface area (Å²) in [6, 6.07) is 9.54. The summed E-state index contributed by atoms with van der Waals surface area (Å²) in [5.41, 5.74) is 0. The molecule has 0 N–H and O–H groups in total. The summed E-state index contributed by atoms with van der Waals surface area (Å²) in [5.74, 6) is 0.477. The minimum Gasteiger partial charge on any atom is -0.491 e. The van der Waals surface area contributed by atoms with E-state index in [0.29, 0.717) is 26.4 Å². The van der Waals surface area contributed by atoms with Gasteiger partial charge < -0.3 is 14.2 Å². The summed E-state index contributed by atoms with van der Waals surface area (Å²) in [5, 5.41) is 0. The molecule has 4 heteroatoms. The Balaban J connectivity index is 2.01. The lowest BCUT2D eigenvalue weighted by molar-refractivity contribution is -0.137. The Kier molecular flexibility index (Phi) is 7.32. The van der Waals surface area contributed by atoms with Crippen molar-refractivity contribution in [2.24, 2.45) is 0 Å². The van der Waals surface area contributed by atoms with Gasteiger partial charge >= 0.3 is 5.97 Å². The zero-order chi connectivity index (χ0) is 13.1. The molecule has 0 saturated heterocycles. The summed E-state index contributed by atoms with van der Waals surface area (Å²) in [4.78, 5) is 10.9. The molecule has 98 valence electrons. The van der Waals surface area contributed by atoms with E-state index >= 15 is 0 Å². The molecule has 18 heavy (non-hydrogen) atoms. The van der Waals surface area contributed by atoms with Gasteiger partial charge in [-0.2, -0.15) is 0 Å². The Bertz CT molecular complexity index is 359. The lowest BCUT2D eigenvalue weighted by Crippen LogP contribution is -2.07. The van der Waals surface area contributed by atoms with E-state index in [9.17, 15) is 4.79 Å². The largest absolute Gasteiger partial charge is 0.491 e. The van der Waals surface area contributed by atoms with E-state index in [1.54, 1.807) is 13.0 Å². The minimum absolute atomic E-state index is 0.346. The van der Waals surface area contributed by atoms with Crippen molar-refractivity contribution in [1.29, 1.82) is 0 Å². The summed E-state index contributed by atoms with van der Waals surface area (Å²) in [7, 11) is 0. The van der Waals surface area contributed by atoms with Gasteiger partial charge in [-0.25, -0.2) is 4.79 Å². The van der Waals surface area contributed by atoms with Gasteiger partial charge in [0.25, 0.3) is 0 Å². The molecule has 0 aliphatic heterocycles. The maximum atomic E-state index is 10.9. The van der Waals surface area contributed by atoms with Gasteiger partial charge in [-0.15, -0.1) is 0 Å². The van der Waals surface area contributed by atoms with Crippen LogP contribution in [0.1, 0.15) is 6.92 Å². The van der Waals surface area contributed by atoms with Crippen LogP contribution >= 0.6 is 0 Å². The Morgan fingerprint density at radius 2 is 2.00 bits per heavy atom. The first-order valence-corrected chi connectivity index (χ1v) is 5.92. The topological polar surface area (TPSA) is 44.8 Å². The number of rotatable bonds is 8. The first-order valence-electron chi connectivity index (χ1n) is 5.92. The Hall–Kier alpha value is -1.81. The quantitative estimate of drug-likeness (QED) is 0.403. The van der Waals surface area contributed by atoms with E-state index in [1.165, 1.54) is 6.08 Å². The van der Waals surface area contributed by atoms with Crippen molar-refractivity contribution in [3.63, 3.8) is 0 Å². The third-order valence-corrected chi connectivity index (χ3v) is 1.99. The van der Waals surface area contributed by atoms with E-state index in [4.69, 9.17) is 14.2 Å². The van der Waals surface area contributed by atoms with Crippen LogP contribution in [0, 0.1) is 0 Å². The first kappa shape index (κ1) is 14.3. The molecule has 0 aromatic heterocycles. The van der Waals surface area contributed by atoms with Crippen LogP contribution < -0.4 is 4.74 Å². The highest BCUT2D eigenvalue weighted by Gasteiger charge is 1.93. The minimum atomic E-state index is -0.346. The molecular weight excluding hydrogens is 232 g/mol. The van der Waals surface area contributed by atoms with Crippen LogP contribution in [0.4, 0.5) is 0 Å². The Morgan fingerprint density at radius 1 is 1.22 bits per heavy atom. The molecule has 1 aromatic rings. The van der Waals surface area contributed by atoms with Crippen LogP contribution in [0.5, 0.6) is 5.75 Å². The SMILES string of the molecule is CCOC(=O)/C=C/COCCOc1ccccc1. The second kappa shape index (κ2) is 9.24. The zero-order valence-electron chi connectivity index (χ0n) is 10.5. The van der Waals surface area contributed by atoms with Crippen LogP contribution in [0.15, 0.2) is 42.5 Å². The number of carbonyl (C=O) groups excluding carboxylic acids is 1. The fourth-order valence-corrected chi connectivity index (χ4v) is 1.22. The van der Waals surface area contributed by atoms with Crippen LogP contribution in [0.2, 0.25) is 0 Å². The van der Waals surface area contributed by atoms with Gasteiger partial charge in [-0.1, -0.05) is 24.3 Å². The first-order chi connectivity index (χ1) is 8.83. The van der Waals surface area contributed by atoms with Crippen LogP contribution in [-0.4, -0.2) is 32.4 Å². The van der Waals surface area contributed by atoms with Crippen molar-refractivity contribution in [3.05, 3.63) is 42.5 Å². The third-order valence-electron chi connectivity index (χ3n) is 1.99. The van der Waals surface area contributed by atoms with E-state index < -0.39 is 0 Å². The maximum Gasteiger partial charge on any atom is 0.330 e. The molecule has 0 radical (unpaired) electrons. The molecule has 0 aliphatic carbocycles. The standard InChI is InChI=1S/C14H18O4/c1-2-17-14(15)9-6-10-16-11-12-18-13-7-4-3-5-8-13/h3-9H,2,10-12H2,1H3/b9-6+. The molecule has 0 saturated carbocycles. The molecule has 0 amide bonds. The molecule has 0 unspecified atom stereocenters. The van der Waals surface area contributed by atoms with Gasteiger partial charge in [0.05, 0.1) is 19.8 Å². The normalized spacial score (nSPS) is 10.5. The van der Waals surface area contributed by atoms with Crippen molar-refractivity contribution >= 4 is 5.97 Å². The van der Waals surface area contributed by atoms with Gasteiger partial charge in [0, 0.05) is 6.08 Å². The number of benzene rings is 1. The number of esters is 1. The Labute approximate surface area is 107 Å². The Morgan fingerprint density at radius 3 is 2.72 bits per heavy atom. The van der Waals surface area contributed by atoms with Crippen LogP contribution in [0.25, 0.3) is 0 Å². The average Bonchev–Trinajstić information content (AvgIpc) is 2.39. The summed E-state index contributed by atoms with van der Waals surface area (Å²) in [6.45, 7) is 3.48. The third kappa shape index (κ3) is 6.70. The highest BCUT2D eigenvalue weighted by atomic mass is 16.5. The van der Waals surface area contributed by atoms with Crippen LogP contribution in [0.3, 0.4) is 0 Å². The smallest absolute Gasteiger partial charge is 0.330 e. The molecule has 4 nitrogen and oxygen atoms in total. The molecule has 0 spiro atoms. The lowest BCUT2D eigenvalue weighted by atomic mass is 10.3. The number of hydrogen-bond acceptors (Lipinski definition) is 4. The predicted molar refractivity (Wildman–Crippen MR) is 68.5 cm³/mol.